The highest BCUT2D eigenvalue weighted by Crippen LogP contribution is 2.27. The summed E-state index contributed by atoms with van der Waals surface area (Å²) in [5.41, 5.74) is 1.01. The SMILES string of the molecule is N#C/C(=C\c1c(Cl)cccc1Cl)C(=O)Nc1ccccc1I. The number of nitriles is 1. The minimum atomic E-state index is -0.511. The number of amides is 1. The molecule has 0 heterocycles. The quantitative estimate of drug-likeness (QED) is 0.406. The van der Waals surface area contributed by atoms with Crippen LogP contribution < -0.4 is 5.32 Å². The van der Waals surface area contributed by atoms with E-state index in [0.29, 0.717) is 21.3 Å². The van der Waals surface area contributed by atoms with Crippen molar-refractivity contribution in [1.82, 2.24) is 0 Å². The Labute approximate surface area is 151 Å². The maximum atomic E-state index is 12.2. The van der Waals surface area contributed by atoms with Crippen LogP contribution in [0.4, 0.5) is 5.69 Å². The smallest absolute Gasteiger partial charge is 0.266 e. The van der Waals surface area contributed by atoms with Crippen molar-refractivity contribution in [3.63, 3.8) is 0 Å². The van der Waals surface area contributed by atoms with Crippen LogP contribution in [0, 0.1) is 14.9 Å². The van der Waals surface area contributed by atoms with Gasteiger partial charge in [0.15, 0.2) is 0 Å². The van der Waals surface area contributed by atoms with Gasteiger partial charge in [0.25, 0.3) is 5.91 Å². The predicted octanol–water partition coefficient (Wildman–Crippen LogP) is 5.14. The average molecular weight is 443 g/mol. The molecule has 0 spiro atoms. The zero-order chi connectivity index (χ0) is 16.1. The average Bonchev–Trinajstić information content (AvgIpc) is 2.49. The van der Waals surface area contributed by atoms with Crippen LogP contribution in [0.15, 0.2) is 48.0 Å². The Bertz CT molecular complexity index is 777. The number of hydrogen-bond donors (Lipinski definition) is 1. The van der Waals surface area contributed by atoms with Crippen LogP contribution in [-0.2, 0) is 4.79 Å². The molecule has 1 N–H and O–H groups in total. The lowest BCUT2D eigenvalue weighted by atomic mass is 10.1. The maximum Gasteiger partial charge on any atom is 0.266 e. The molecular weight excluding hydrogens is 434 g/mol. The van der Waals surface area contributed by atoms with Crippen LogP contribution in [0.1, 0.15) is 5.56 Å². The Morgan fingerprint density at radius 2 is 1.77 bits per heavy atom. The van der Waals surface area contributed by atoms with E-state index < -0.39 is 5.91 Å². The first-order chi connectivity index (χ1) is 10.5. The van der Waals surface area contributed by atoms with Gasteiger partial charge in [0.1, 0.15) is 11.6 Å². The fourth-order valence-corrected chi connectivity index (χ4v) is 2.72. The molecule has 0 atom stereocenters. The molecule has 0 aliphatic heterocycles. The molecule has 6 heteroatoms. The summed E-state index contributed by atoms with van der Waals surface area (Å²) in [6.07, 6.45) is 1.38. The summed E-state index contributed by atoms with van der Waals surface area (Å²) in [6.45, 7) is 0. The molecule has 0 aliphatic rings. The molecule has 0 aliphatic carbocycles. The molecule has 2 aromatic carbocycles. The van der Waals surface area contributed by atoms with Crippen molar-refractivity contribution in [2.45, 2.75) is 0 Å². The van der Waals surface area contributed by atoms with E-state index in [-0.39, 0.29) is 5.57 Å². The highest BCUT2D eigenvalue weighted by atomic mass is 127. The van der Waals surface area contributed by atoms with E-state index in [9.17, 15) is 10.1 Å². The number of carbonyl (C=O) groups excluding carboxylic acids is 1. The Morgan fingerprint density at radius 1 is 1.14 bits per heavy atom. The van der Waals surface area contributed by atoms with Gasteiger partial charge in [-0.05, 0) is 52.9 Å². The second kappa shape index (κ2) is 7.63. The minimum Gasteiger partial charge on any atom is -0.320 e. The molecular formula is C16H9Cl2IN2O. The molecule has 0 saturated carbocycles. The lowest BCUT2D eigenvalue weighted by molar-refractivity contribution is -0.112. The molecule has 0 fully saturated rings. The van der Waals surface area contributed by atoms with Gasteiger partial charge in [-0.1, -0.05) is 41.4 Å². The third-order valence-corrected chi connectivity index (χ3v) is 4.38. The van der Waals surface area contributed by atoms with E-state index in [2.05, 4.69) is 27.9 Å². The summed E-state index contributed by atoms with van der Waals surface area (Å²) in [5, 5.41) is 12.7. The van der Waals surface area contributed by atoms with Crippen LogP contribution in [0.2, 0.25) is 10.0 Å². The van der Waals surface area contributed by atoms with Gasteiger partial charge < -0.3 is 5.32 Å². The molecule has 0 aromatic heterocycles. The summed E-state index contributed by atoms with van der Waals surface area (Å²) in [7, 11) is 0. The number of para-hydroxylation sites is 1. The molecule has 3 nitrogen and oxygen atoms in total. The second-order valence-corrected chi connectivity index (χ2v) is 6.22. The van der Waals surface area contributed by atoms with Crippen LogP contribution >= 0.6 is 45.8 Å². The monoisotopic (exact) mass is 442 g/mol. The van der Waals surface area contributed by atoms with Crippen molar-refractivity contribution < 1.29 is 4.79 Å². The number of rotatable bonds is 3. The van der Waals surface area contributed by atoms with Crippen molar-refractivity contribution in [1.29, 1.82) is 5.26 Å². The van der Waals surface area contributed by atoms with Crippen molar-refractivity contribution in [3.05, 3.63) is 67.2 Å². The fourth-order valence-electron chi connectivity index (χ4n) is 1.69. The summed E-state index contributed by atoms with van der Waals surface area (Å²) in [6, 6.07) is 14.1. The number of anilines is 1. The molecule has 110 valence electrons. The van der Waals surface area contributed by atoms with Crippen molar-refractivity contribution in [2.24, 2.45) is 0 Å². The zero-order valence-electron chi connectivity index (χ0n) is 11.1. The third kappa shape index (κ3) is 4.01. The lowest BCUT2D eigenvalue weighted by Crippen LogP contribution is -2.14. The number of nitrogens with zero attached hydrogens (tertiary/aromatic N) is 1. The largest absolute Gasteiger partial charge is 0.320 e. The number of hydrogen-bond acceptors (Lipinski definition) is 2. The minimum absolute atomic E-state index is 0.0744. The zero-order valence-corrected chi connectivity index (χ0v) is 14.8. The van der Waals surface area contributed by atoms with E-state index in [0.717, 1.165) is 3.57 Å². The predicted molar refractivity (Wildman–Crippen MR) is 97.8 cm³/mol. The van der Waals surface area contributed by atoms with Gasteiger partial charge in [-0.3, -0.25) is 4.79 Å². The molecule has 2 rings (SSSR count). The Kier molecular flexibility index (Phi) is 5.83. The molecule has 0 radical (unpaired) electrons. The van der Waals surface area contributed by atoms with Gasteiger partial charge in [-0.2, -0.15) is 5.26 Å². The van der Waals surface area contributed by atoms with E-state index in [4.69, 9.17) is 23.2 Å². The highest BCUT2D eigenvalue weighted by molar-refractivity contribution is 14.1. The molecule has 0 saturated heterocycles. The van der Waals surface area contributed by atoms with E-state index in [1.54, 1.807) is 30.3 Å². The second-order valence-electron chi connectivity index (χ2n) is 4.24. The normalized spacial score (nSPS) is 10.9. The topological polar surface area (TPSA) is 52.9 Å². The fraction of sp³-hybridized carbons (Fsp3) is 0. The van der Waals surface area contributed by atoms with Crippen molar-refractivity contribution >= 4 is 63.5 Å². The number of nitrogens with one attached hydrogen (secondary N) is 1. The molecule has 2 aromatic rings. The van der Waals surface area contributed by atoms with Crippen molar-refractivity contribution in [2.75, 3.05) is 5.32 Å². The Hall–Kier alpha value is -1.55. The number of halogens is 3. The summed E-state index contributed by atoms with van der Waals surface area (Å²) in [5.74, 6) is -0.511. The number of carbonyl (C=O) groups is 1. The molecule has 1 amide bonds. The lowest BCUT2D eigenvalue weighted by Gasteiger charge is -2.07. The Morgan fingerprint density at radius 3 is 2.36 bits per heavy atom. The summed E-state index contributed by atoms with van der Waals surface area (Å²) < 4.78 is 0.876. The van der Waals surface area contributed by atoms with Gasteiger partial charge in [-0.15, -0.1) is 0 Å². The van der Waals surface area contributed by atoms with E-state index in [1.807, 2.05) is 18.2 Å². The van der Waals surface area contributed by atoms with Crippen LogP contribution in [0.3, 0.4) is 0 Å². The maximum absolute atomic E-state index is 12.2. The van der Waals surface area contributed by atoms with Crippen LogP contribution in [0.25, 0.3) is 6.08 Å². The van der Waals surface area contributed by atoms with Crippen molar-refractivity contribution in [3.8, 4) is 6.07 Å². The molecule has 22 heavy (non-hydrogen) atoms. The van der Waals surface area contributed by atoms with Crippen LogP contribution in [-0.4, -0.2) is 5.91 Å². The molecule has 0 unspecified atom stereocenters. The first-order valence-electron chi connectivity index (χ1n) is 6.14. The van der Waals surface area contributed by atoms with E-state index in [1.165, 1.54) is 6.08 Å². The first-order valence-corrected chi connectivity index (χ1v) is 7.98. The van der Waals surface area contributed by atoms with Crippen LogP contribution in [0.5, 0.6) is 0 Å². The summed E-state index contributed by atoms with van der Waals surface area (Å²) >= 11 is 14.2. The van der Waals surface area contributed by atoms with Gasteiger partial charge in [0.2, 0.25) is 0 Å². The third-order valence-electron chi connectivity index (χ3n) is 2.78. The summed E-state index contributed by atoms with van der Waals surface area (Å²) in [4.78, 5) is 12.2. The number of benzene rings is 2. The standard InChI is InChI=1S/C16H9Cl2IN2O/c17-12-4-3-5-13(18)11(12)8-10(9-20)16(22)21-15-7-2-1-6-14(15)19/h1-8H,(H,21,22)/b10-8+. The van der Waals surface area contributed by atoms with Gasteiger partial charge >= 0.3 is 0 Å². The Balaban J connectivity index is 2.33. The van der Waals surface area contributed by atoms with Gasteiger partial charge in [0, 0.05) is 19.2 Å². The first kappa shape index (κ1) is 16.8. The molecule has 0 bridgehead atoms. The highest BCUT2D eigenvalue weighted by Gasteiger charge is 2.13. The van der Waals surface area contributed by atoms with Gasteiger partial charge in [0.05, 0.1) is 5.69 Å². The van der Waals surface area contributed by atoms with E-state index >= 15 is 0 Å². The van der Waals surface area contributed by atoms with Gasteiger partial charge in [-0.25, -0.2) is 0 Å².